The zero-order valence-corrected chi connectivity index (χ0v) is 9.77. The molecule has 1 aromatic heterocycles. The second-order valence-electron chi connectivity index (χ2n) is 3.65. The molecular formula is C10H14N4O4. The number of carbonyl (C=O) groups excluding carboxylic acids is 2. The van der Waals surface area contributed by atoms with Gasteiger partial charge in [0.2, 0.25) is 11.8 Å². The fourth-order valence-corrected chi connectivity index (χ4v) is 1.27. The van der Waals surface area contributed by atoms with Gasteiger partial charge in [-0.2, -0.15) is 0 Å². The minimum absolute atomic E-state index is 0.0984. The highest BCUT2D eigenvalue weighted by Gasteiger charge is 2.20. The van der Waals surface area contributed by atoms with Gasteiger partial charge in [-0.05, 0) is 0 Å². The number of amides is 2. The number of hydrogen-bond donors (Lipinski definition) is 4. The summed E-state index contributed by atoms with van der Waals surface area (Å²) in [5.74, 6) is -2.07. The predicted molar refractivity (Wildman–Crippen MR) is 60.5 cm³/mol. The van der Waals surface area contributed by atoms with E-state index in [0.29, 0.717) is 5.69 Å². The number of nitrogens with zero attached hydrogens (tertiary/aromatic N) is 1. The van der Waals surface area contributed by atoms with Crippen LogP contribution in [0.1, 0.15) is 12.6 Å². The molecule has 8 nitrogen and oxygen atoms in total. The fourth-order valence-electron chi connectivity index (χ4n) is 1.27. The van der Waals surface area contributed by atoms with Crippen LogP contribution in [0.4, 0.5) is 0 Å². The molecule has 1 rings (SSSR count). The van der Waals surface area contributed by atoms with Crippen molar-refractivity contribution < 1.29 is 19.5 Å². The molecule has 0 aliphatic heterocycles. The maximum atomic E-state index is 11.4. The SMILES string of the molecule is CC(=O)NCC(=O)N[C@H](Cc1cnc[nH]1)C(=O)O. The van der Waals surface area contributed by atoms with Gasteiger partial charge in [0.15, 0.2) is 0 Å². The molecule has 0 saturated heterocycles. The number of rotatable bonds is 6. The van der Waals surface area contributed by atoms with Gasteiger partial charge in [0.05, 0.1) is 12.9 Å². The minimum Gasteiger partial charge on any atom is -0.480 e. The number of aliphatic carboxylic acids is 1. The van der Waals surface area contributed by atoms with Gasteiger partial charge in [-0.15, -0.1) is 0 Å². The first-order valence-electron chi connectivity index (χ1n) is 5.23. The van der Waals surface area contributed by atoms with Gasteiger partial charge in [0, 0.05) is 25.2 Å². The van der Waals surface area contributed by atoms with Crippen LogP contribution in [0.5, 0.6) is 0 Å². The van der Waals surface area contributed by atoms with Crippen LogP contribution < -0.4 is 10.6 Å². The van der Waals surface area contributed by atoms with Crippen LogP contribution in [0.25, 0.3) is 0 Å². The lowest BCUT2D eigenvalue weighted by Crippen LogP contribution is -2.46. The monoisotopic (exact) mass is 254 g/mol. The van der Waals surface area contributed by atoms with E-state index in [2.05, 4.69) is 20.6 Å². The second kappa shape index (κ2) is 6.38. The normalized spacial score (nSPS) is 11.6. The molecule has 98 valence electrons. The molecule has 4 N–H and O–H groups in total. The number of carboxylic acids is 1. The summed E-state index contributed by atoms with van der Waals surface area (Å²) in [5, 5.41) is 13.6. The van der Waals surface area contributed by atoms with E-state index in [1.54, 1.807) is 0 Å². The molecule has 0 unspecified atom stereocenters. The Labute approximate surface area is 103 Å². The summed E-state index contributed by atoms with van der Waals surface area (Å²) in [4.78, 5) is 39.4. The van der Waals surface area contributed by atoms with Crippen molar-refractivity contribution in [3.8, 4) is 0 Å². The van der Waals surface area contributed by atoms with Crippen LogP contribution in [0.3, 0.4) is 0 Å². The lowest BCUT2D eigenvalue weighted by molar-refractivity contribution is -0.141. The summed E-state index contributed by atoms with van der Waals surface area (Å²) in [6.45, 7) is 1.02. The number of aromatic nitrogens is 2. The number of hydrogen-bond acceptors (Lipinski definition) is 4. The molecule has 8 heteroatoms. The molecule has 0 aliphatic rings. The van der Waals surface area contributed by atoms with Crippen molar-refractivity contribution >= 4 is 17.8 Å². The quantitative estimate of drug-likeness (QED) is 0.500. The average Bonchev–Trinajstić information content (AvgIpc) is 2.78. The Morgan fingerprint density at radius 1 is 1.50 bits per heavy atom. The molecule has 1 aromatic rings. The molecule has 2 amide bonds. The molecule has 0 saturated carbocycles. The number of aromatic amines is 1. The maximum absolute atomic E-state index is 11.4. The fraction of sp³-hybridized carbons (Fsp3) is 0.400. The van der Waals surface area contributed by atoms with Crippen LogP contribution in [0, 0.1) is 0 Å². The summed E-state index contributed by atoms with van der Waals surface area (Å²) < 4.78 is 0. The van der Waals surface area contributed by atoms with E-state index in [-0.39, 0.29) is 18.9 Å². The average molecular weight is 254 g/mol. The molecule has 0 spiro atoms. The van der Waals surface area contributed by atoms with Crippen molar-refractivity contribution in [2.45, 2.75) is 19.4 Å². The third kappa shape index (κ3) is 4.64. The van der Waals surface area contributed by atoms with Crippen molar-refractivity contribution in [2.24, 2.45) is 0 Å². The first-order chi connectivity index (χ1) is 8.49. The summed E-state index contributed by atoms with van der Waals surface area (Å²) in [5.41, 5.74) is 0.599. The van der Waals surface area contributed by atoms with E-state index in [9.17, 15) is 14.4 Å². The molecule has 0 radical (unpaired) electrons. The van der Waals surface area contributed by atoms with Crippen LogP contribution in [0.2, 0.25) is 0 Å². The number of nitrogens with one attached hydrogen (secondary N) is 3. The van der Waals surface area contributed by atoms with E-state index in [1.165, 1.54) is 19.4 Å². The van der Waals surface area contributed by atoms with Crippen LogP contribution in [0.15, 0.2) is 12.5 Å². The third-order valence-electron chi connectivity index (χ3n) is 2.11. The Kier molecular flexibility index (Phi) is 4.85. The zero-order valence-electron chi connectivity index (χ0n) is 9.77. The molecule has 0 aromatic carbocycles. The topological polar surface area (TPSA) is 124 Å². The predicted octanol–water partition coefficient (Wildman–Crippen LogP) is -1.34. The van der Waals surface area contributed by atoms with E-state index in [4.69, 9.17) is 5.11 Å². The molecule has 0 bridgehead atoms. The van der Waals surface area contributed by atoms with Gasteiger partial charge in [-0.25, -0.2) is 9.78 Å². The van der Waals surface area contributed by atoms with Gasteiger partial charge in [-0.3, -0.25) is 9.59 Å². The lowest BCUT2D eigenvalue weighted by atomic mass is 10.1. The number of H-pyrrole nitrogens is 1. The first kappa shape index (κ1) is 13.7. The highest BCUT2D eigenvalue weighted by molar-refractivity contribution is 5.87. The van der Waals surface area contributed by atoms with Crippen molar-refractivity contribution in [1.29, 1.82) is 0 Å². The summed E-state index contributed by atoms with van der Waals surface area (Å²) in [6, 6.07) is -1.06. The van der Waals surface area contributed by atoms with Gasteiger partial charge < -0.3 is 20.7 Å². The van der Waals surface area contributed by atoms with Crippen molar-refractivity contribution in [2.75, 3.05) is 6.54 Å². The smallest absolute Gasteiger partial charge is 0.326 e. The van der Waals surface area contributed by atoms with Crippen molar-refractivity contribution in [3.05, 3.63) is 18.2 Å². The number of carbonyl (C=O) groups is 3. The van der Waals surface area contributed by atoms with E-state index in [1.807, 2.05) is 0 Å². The van der Waals surface area contributed by atoms with E-state index >= 15 is 0 Å². The summed E-state index contributed by atoms with van der Waals surface area (Å²) in [6.07, 6.45) is 3.00. The molecular weight excluding hydrogens is 240 g/mol. The third-order valence-corrected chi connectivity index (χ3v) is 2.11. The van der Waals surface area contributed by atoms with Crippen LogP contribution in [-0.2, 0) is 20.8 Å². The van der Waals surface area contributed by atoms with Crippen molar-refractivity contribution in [3.63, 3.8) is 0 Å². The summed E-state index contributed by atoms with van der Waals surface area (Å²) in [7, 11) is 0. The lowest BCUT2D eigenvalue weighted by Gasteiger charge is -2.13. The summed E-state index contributed by atoms with van der Waals surface area (Å²) >= 11 is 0. The van der Waals surface area contributed by atoms with E-state index in [0.717, 1.165) is 0 Å². The highest BCUT2D eigenvalue weighted by Crippen LogP contribution is 1.98. The Bertz CT molecular complexity index is 429. The van der Waals surface area contributed by atoms with Gasteiger partial charge in [0.1, 0.15) is 6.04 Å². The molecule has 1 heterocycles. The molecule has 0 fully saturated rings. The van der Waals surface area contributed by atoms with E-state index < -0.39 is 17.9 Å². The Balaban J connectivity index is 2.50. The maximum Gasteiger partial charge on any atom is 0.326 e. The standard InChI is InChI=1S/C10H14N4O4/c1-6(15)12-4-9(16)14-8(10(17)18)2-7-3-11-5-13-7/h3,5,8H,2,4H2,1H3,(H,11,13)(H,12,15)(H,14,16)(H,17,18)/t8-/m1/s1. The molecule has 0 aliphatic carbocycles. The highest BCUT2D eigenvalue weighted by atomic mass is 16.4. The van der Waals surface area contributed by atoms with Gasteiger partial charge in [0.25, 0.3) is 0 Å². The zero-order chi connectivity index (χ0) is 13.5. The first-order valence-corrected chi connectivity index (χ1v) is 5.23. The largest absolute Gasteiger partial charge is 0.480 e. The molecule has 18 heavy (non-hydrogen) atoms. The van der Waals surface area contributed by atoms with Crippen LogP contribution >= 0.6 is 0 Å². The van der Waals surface area contributed by atoms with Gasteiger partial charge in [-0.1, -0.05) is 0 Å². The molecule has 1 atom stereocenters. The second-order valence-corrected chi connectivity index (χ2v) is 3.65. The van der Waals surface area contributed by atoms with Crippen LogP contribution in [-0.4, -0.2) is 45.4 Å². The Morgan fingerprint density at radius 2 is 2.22 bits per heavy atom. The Morgan fingerprint density at radius 3 is 2.72 bits per heavy atom. The minimum atomic E-state index is -1.15. The van der Waals surface area contributed by atoms with Gasteiger partial charge >= 0.3 is 5.97 Å². The Hall–Kier alpha value is -2.38. The number of carboxylic acid groups (broad SMARTS) is 1. The van der Waals surface area contributed by atoms with Crippen molar-refractivity contribution in [1.82, 2.24) is 20.6 Å². The number of imidazole rings is 1.